The molecule has 8 heteroatoms. The minimum atomic E-state index is -1.11. The lowest BCUT2D eigenvalue weighted by molar-refractivity contribution is -0.148. The van der Waals surface area contributed by atoms with Gasteiger partial charge in [-0.3, -0.25) is 19.5 Å². The van der Waals surface area contributed by atoms with Crippen molar-refractivity contribution < 1.29 is 19.5 Å². The Morgan fingerprint density at radius 3 is 2.95 bits per heavy atom. The van der Waals surface area contributed by atoms with Crippen LogP contribution in [0.4, 0.5) is 0 Å². The summed E-state index contributed by atoms with van der Waals surface area (Å²) in [4.78, 5) is 35.8. The van der Waals surface area contributed by atoms with E-state index in [0.717, 1.165) is 0 Å². The molecule has 1 fully saturated rings. The van der Waals surface area contributed by atoms with E-state index in [9.17, 15) is 14.4 Å². The highest BCUT2D eigenvalue weighted by molar-refractivity contribution is 5.92. The molecule has 19 heavy (non-hydrogen) atoms. The normalized spacial score (nSPS) is 19.1. The van der Waals surface area contributed by atoms with Gasteiger partial charge in [0.05, 0.1) is 12.8 Å². The number of carboxylic acids is 1. The highest BCUT2D eigenvalue weighted by atomic mass is 16.4. The van der Waals surface area contributed by atoms with Gasteiger partial charge in [0.15, 0.2) is 0 Å². The number of carbonyl (C=O) groups is 3. The van der Waals surface area contributed by atoms with Crippen LogP contribution in [0.25, 0.3) is 0 Å². The van der Waals surface area contributed by atoms with Crippen molar-refractivity contribution in [3.8, 4) is 0 Å². The van der Waals surface area contributed by atoms with Crippen LogP contribution in [0.5, 0.6) is 0 Å². The highest BCUT2D eigenvalue weighted by Crippen LogP contribution is 2.11. The maximum absolute atomic E-state index is 12.1. The number of rotatable bonds is 4. The number of aromatic nitrogens is 2. The van der Waals surface area contributed by atoms with Crippen LogP contribution >= 0.6 is 0 Å². The molecule has 0 bridgehead atoms. The molecule has 0 saturated carbocycles. The first-order valence-corrected chi connectivity index (χ1v) is 5.85. The van der Waals surface area contributed by atoms with Crippen LogP contribution < -0.4 is 5.32 Å². The highest BCUT2D eigenvalue weighted by Gasteiger charge is 2.34. The van der Waals surface area contributed by atoms with Crippen molar-refractivity contribution in [1.29, 1.82) is 0 Å². The zero-order valence-electron chi connectivity index (χ0n) is 10.1. The molecular formula is C11H14N4O4. The Balaban J connectivity index is 2.08. The Bertz CT molecular complexity index is 485. The minimum absolute atomic E-state index is 0.0728. The van der Waals surface area contributed by atoms with Gasteiger partial charge in [0.2, 0.25) is 11.8 Å². The van der Waals surface area contributed by atoms with Crippen LogP contribution in [0.1, 0.15) is 12.1 Å². The predicted molar refractivity (Wildman–Crippen MR) is 63.1 cm³/mol. The van der Waals surface area contributed by atoms with Crippen molar-refractivity contribution in [2.75, 3.05) is 13.1 Å². The van der Waals surface area contributed by atoms with Crippen LogP contribution in [0.2, 0.25) is 0 Å². The number of hydrogen-bond acceptors (Lipinski definition) is 4. The van der Waals surface area contributed by atoms with Gasteiger partial charge in [0, 0.05) is 25.0 Å². The van der Waals surface area contributed by atoms with E-state index in [-0.39, 0.29) is 18.7 Å². The molecule has 2 rings (SSSR count). The number of aromatic amines is 1. The van der Waals surface area contributed by atoms with Crippen LogP contribution in [0.3, 0.4) is 0 Å². The summed E-state index contributed by atoms with van der Waals surface area (Å²) in [6, 6.07) is 0.718. The number of H-pyrrole nitrogens is 1. The maximum atomic E-state index is 12.1. The average molecular weight is 266 g/mol. The third-order valence-corrected chi connectivity index (χ3v) is 2.92. The van der Waals surface area contributed by atoms with E-state index in [4.69, 9.17) is 5.11 Å². The summed E-state index contributed by atoms with van der Waals surface area (Å²) in [6.07, 6.45) is 1.21. The van der Waals surface area contributed by atoms with Crippen LogP contribution in [-0.2, 0) is 20.8 Å². The summed E-state index contributed by atoms with van der Waals surface area (Å²) in [6.45, 7) is 0.653. The second kappa shape index (κ2) is 5.51. The van der Waals surface area contributed by atoms with Crippen molar-refractivity contribution in [2.24, 2.45) is 0 Å². The average Bonchev–Trinajstić information content (AvgIpc) is 2.84. The van der Waals surface area contributed by atoms with Gasteiger partial charge in [0.25, 0.3) is 0 Å². The lowest BCUT2D eigenvalue weighted by atomic mass is 10.1. The van der Waals surface area contributed by atoms with Gasteiger partial charge in [-0.1, -0.05) is 0 Å². The van der Waals surface area contributed by atoms with Crippen molar-refractivity contribution in [1.82, 2.24) is 20.4 Å². The minimum Gasteiger partial charge on any atom is -0.481 e. The summed E-state index contributed by atoms with van der Waals surface area (Å²) in [5.41, 5.74) is 0.630. The topological polar surface area (TPSA) is 115 Å². The number of amides is 2. The van der Waals surface area contributed by atoms with Crippen LogP contribution in [0.15, 0.2) is 12.3 Å². The van der Waals surface area contributed by atoms with E-state index in [1.165, 1.54) is 11.1 Å². The molecule has 1 unspecified atom stereocenters. The first kappa shape index (κ1) is 13.1. The second-order valence-corrected chi connectivity index (χ2v) is 4.25. The zero-order valence-corrected chi connectivity index (χ0v) is 10.1. The fourth-order valence-electron chi connectivity index (χ4n) is 2.03. The molecule has 1 aromatic rings. The second-order valence-electron chi connectivity index (χ2n) is 4.25. The number of nitrogens with one attached hydrogen (secondary N) is 2. The Labute approximate surface area is 108 Å². The Kier molecular flexibility index (Phi) is 3.79. The van der Waals surface area contributed by atoms with Gasteiger partial charge >= 0.3 is 5.97 Å². The van der Waals surface area contributed by atoms with Gasteiger partial charge in [-0.15, -0.1) is 0 Å². The van der Waals surface area contributed by atoms with Crippen molar-refractivity contribution >= 4 is 17.8 Å². The molecule has 8 nitrogen and oxygen atoms in total. The lowest BCUT2D eigenvalue weighted by Gasteiger charge is -2.34. The first-order valence-electron chi connectivity index (χ1n) is 5.85. The summed E-state index contributed by atoms with van der Waals surface area (Å²) < 4.78 is 0. The molecule has 2 heterocycles. The molecule has 0 spiro atoms. The first-order chi connectivity index (χ1) is 9.08. The van der Waals surface area contributed by atoms with Gasteiger partial charge < -0.3 is 15.3 Å². The Morgan fingerprint density at radius 1 is 1.53 bits per heavy atom. The predicted octanol–water partition coefficient (Wildman–Crippen LogP) is -1.25. The molecular weight excluding hydrogens is 252 g/mol. The van der Waals surface area contributed by atoms with E-state index in [1.807, 2.05) is 0 Å². The van der Waals surface area contributed by atoms with Gasteiger partial charge in [0.1, 0.15) is 6.04 Å². The van der Waals surface area contributed by atoms with Gasteiger partial charge in [-0.25, -0.2) is 0 Å². The SMILES string of the molecule is O=C(O)CC1C(=O)NCCN1C(=O)Cc1ccn[nH]1. The molecule has 0 aliphatic carbocycles. The molecule has 3 N–H and O–H groups in total. The van der Waals surface area contributed by atoms with Crippen LogP contribution in [-0.4, -0.2) is 57.1 Å². The van der Waals surface area contributed by atoms with Gasteiger partial charge in [-0.2, -0.15) is 5.10 Å². The Morgan fingerprint density at radius 2 is 2.32 bits per heavy atom. The number of hydrogen-bond donors (Lipinski definition) is 3. The molecule has 1 saturated heterocycles. The van der Waals surface area contributed by atoms with Gasteiger partial charge in [-0.05, 0) is 6.07 Å². The van der Waals surface area contributed by atoms with E-state index in [1.54, 1.807) is 6.07 Å². The largest absolute Gasteiger partial charge is 0.481 e. The summed E-state index contributed by atoms with van der Waals surface area (Å²) in [5.74, 6) is -1.82. The van der Waals surface area contributed by atoms with Crippen molar-refractivity contribution in [3.05, 3.63) is 18.0 Å². The molecule has 1 atom stereocenters. The number of carboxylic acid groups (broad SMARTS) is 1. The quantitative estimate of drug-likeness (QED) is 0.630. The summed E-state index contributed by atoms with van der Waals surface area (Å²) in [5, 5.41) is 17.8. The number of carbonyl (C=O) groups excluding carboxylic acids is 2. The number of piperazine rings is 1. The molecule has 1 aliphatic rings. The standard InChI is InChI=1S/C11H14N4O4/c16-9(5-7-1-2-13-14-7)15-4-3-12-11(19)8(15)6-10(17)18/h1-2,8H,3-6H2,(H,12,19)(H,13,14)(H,17,18). The van der Waals surface area contributed by atoms with E-state index >= 15 is 0 Å². The molecule has 102 valence electrons. The van der Waals surface area contributed by atoms with Crippen LogP contribution in [0, 0.1) is 0 Å². The molecule has 0 aromatic carbocycles. The molecule has 0 radical (unpaired) electrons. The third-order valence-electron chi connectivity index (χ3n) is 2.92. The van der Waals surface area contributed by atoms with E-state index in [0.29, 0.717) is 18.8 Å². The number of nitrogens with zero attached hydrogens (tertiary/aromatic N) is 2. The Hall–Kier alpha value is -2.38. The molecule has 1 aromatic heterocycles. The molecule has 1 aliphatic heterocycles. The zero-order chi connectivity index (χ0) is 13.8. The lowest BCUT2D eigenvalue weighted by Crippen LogP contribution is -2.58. The van der Waals surface area contributed by atoms with E-state index < -0.39 is 17.9 Å². The van der Waals surface area contributed by atoms with Crippen molar-refractivity contribution in [3.63, 3.8) is 0 Å². The third kappa shape index (κ3) is 3.09. The maximum Gasteiger partial charge on any atom is 0.305 e. The molecule has 2 amide bonds. The van der Waals surface area contributed by atoms with E-state index in [2.05, 4.69) is 15.5 Å². The summed E-state index contributed by atoms with van der Waals surface area (Å²) in [7, 11) is 0. The smallest absolute Gasteiger partial charge is 0.305 e. The number of aliphatic carboxylic acids is 1. The summed E-state index contributed by atoms with van der Waals surface area (Å²) >= 11 is 0. The monoisotopic (exact) mass is 266 g/mol. The fraction of sp³-hybridized carbons (Fsp3) is 0.455. The fourth-order valence-corrected chi connectivity index (χ4v) is 2.03. The van der Waals surface area contributed by atoms with Crippen molar-refractivity contribution in [2.45, 2.75) is 18.9 Å².